The number of hydrogen-bond acceptors (Lipinski definition) is 5. The summed E-state index contributed by atoms with van der Waals surface area (Å²) in [6, 6.07) is -0.692. The van der Waals surface area contributed by atoms with Crippen molar-refractivity contribution in [3.63, 3.8) is 0 Å². The van der Waals surface area contributed by atoms with E-state index in [1.807, 2.05) is 0 Å². The smallest absolute Gasteiger partial charge is 0.306 e. The number of carbonyl (C=O) groups is 2. The molecule has 0 rings (SSSR count). The zero-order valence-electron chi connectivity index (χ0n) is 43.0. The van der Waals surface area contributed by atoms with Gasteiger partial charge in [-0.1, -0.05) is 290 Å². The number of aliphatic hydroxyl groups excluding tert-OH is 2. The van der Waals surface area contributed by atoms with Crippen LogP contribution in [-0.4, -0.2) is 46.9 Å². The first-order valence-electron chi connectivity index (χ1n) is 28.8. The number of ether oxygens (including phenoxy) is 1. The molecule has 0 aliphatic carbocycles. The zero-order valence-corrected chi connectivity index (χ0v) is 43.0. The monoisotopic (exact) mass is 892 g/mol. The number of unbranched alkanes of at least 4 members (excludes halogenated alkanes) is 41. The second kappa shape index (κ2) is 51.8. The Morgan fingerprint density at radius 1 is 0.397 bits per heavy atom. The predicted octanol–water partition coefficient (Wildman–Crippen LogP) is 17.5. The van der Waals surface area contributed by atoms with Crippen molar-refractivity contribution < 1.29 is 24.5 Å². The van der Waals surface area contributed by atoms with Crippen molar-refractivity contribution in [2.75, 3.05) is 6.61 Å². The van der Waals surface area contributed by atoms with Crippen LogP contribution in [0.1, 0.15) is 329 Å². The van der Waals surface area contributed by atoms with Crippen LogP contribution in [0, 0.1) is 0 Å². The normalized spacial score (nSPS) is 13.0. The molecule has 0 heterocycles. The summed E-state index contributed by atoms with van der Waals surface area (Å²) in [6.07, 6.45) is 57.4. The number of esters is 1. The Labute approximate surface area is 394 Å². The fourth-order valence-corrected chi connectivity index (χ4v) is 9.32. The third-order valence-electron chi connectivity index (χ3n) is 13.7. The minimum absolute atomic E-state index is 0.0884. The Morgan fingerprint density at radius 2 is 0.667 bits per heavy atom. The second-order valence-corrected chi connectivity index (χ2v) is 20.1. The van der Waals surface area contributed by atoms with E-state index in [1.54, 1.807) is 0 Å². The Balaban J connectivity index is 4.46. The molecule has 0 aromatic rings. The molecule has 0 aliphatic heterocycles. The fraction of sp³-hybridized carbons (Fsp3) is 0.965. The van der Waals surface area contributed by atoms with E-state index < -0.39 is 18.2 Å². The van der Waals surface area contributed by atoms with Gasteiger partial charge >= 0.3 is 5.97 Å². The van der Waals surface area contributed by atoms with Gasteiger partial charge in [-0.25, -0.2) is 0 Å². The van der Waals surface area contributed by atoms with Crippen LogP contribution in [0.25, 0.3) is 0 Å². The number of hydrogen-bond donors (Lipinski definition) is 3. The van der Waals surface area contributed by atoms with E-state index >= 15 is 0 Å². The van der Waals surface area contributed by atoms with Crippen molar-refractivity contribution in [3.05, 3.63) is 0 Å². The van der Waals surface area contributed by atoms with Crippen LogP contribution in [0.2, 0.25) is 0 Å². The van der Waals surface area contributed by atoms with Crippen LogP contribution in [0.15, 0.2) is 0 Å². The summed E-state index contributed by atoms with van der Waals surface area (Å²) in [5.41, 5.74) is 0. The molecule has 0 spiro atoms. The van der Waals surface area contributed by atoms with Gasteiger partial charge in [0, 0.05) is 6.42 Å². The number of rotatable bonds is 53. The average Bonchev–Trinajstić information content (AvgIpc) is 3.28. The molecule has 0 saturated carbocycles. The van der Waals surface area contributed by atoms with Crippen molar-refractivity contribution in [2.45, 2.75) is 347 Å². The van der Waals surface area contributed by atoms with E-state index in [4.69, 9.17) is 4.74 Å². The molecule has 6 nitrogen and oxygen atoms in total. The van der Waals surface area contributed by atoms with Gasteiger partial charge in [0.2, 0.25) is 5.91 Å². The van der Waals surface area contributed by atoms with Crippen molar-refractivity contribution in [2.24, 2.45) is 0 Å². The topological polar surface area (TPSA) is 95.9 Å². The predicted molar refractivity (Wildman–Crippen MR) is 274 cm³/mol. The van der Waals surface area contributed by atoms with Gasteiger partial charge in [-0.05, 0) is 25.7 Å². The van der Waals surface area contributed by atoms with Crippen LogP contribution in [0.3, 0.4) is 0 Å². The van der Waals surface area contributed by atoms with Crippen molar-refractivity contribution in [1.82, 2.24) is 5.32 Å². The highest BCUT2D eigenvalue weighted by Gasteiger charge is 2.24. The third kappa shape index (κ3) is 47.2. The van der Waals surface area contributed by atoms with Gasteiger partial charge in [0.1, 0.15) is 6.10 Å². The lowest BCUT2D eigenvalue weighted by Crippen LogP contribution is -2.46. The van der Waals surface area contributed by atoms with Gasteiger partial charge < -0.3 is 20.3 Å². The molecule has 0 radical (unpaired) electrons. The molecule has 1 amide bonds. The summed E-state index contributed by atoms with van der Waals surface area (Å²) in [4.78, 5) is 26.2. The first-order valence-corrected chi connectivity index (χ1v) is 28.8. The lowest BCUT2D eigenvalue weighted by Gasteiger charge is -2.24. The van der Waals surface area contributed by atoms with Gasteiger partial charge in [-0.3, -0.25) is 9.59 Å². The van der Waals surface area contributed by atoms with Gasteiger partial charge in [-0.15, -0.1) is 0 Å². The van der Waals surface area contributed by atoms with Gasteiger partial charge in [0.05, 0.1) is 25.2 Å². The summed E-state index contributed by atoms with van der Waals surface area (Å²) in [7, 11) is 0. The fourth-order valence-electron chi connectivity index (χ4n) is 9.32. The maximum atomic E-state index is 13.2. The van der Waals surface area contributed by atoms with Crippen LogP contribution < -0.4 is 5.32 Å². The number of aliphatic hydroxyl groups is 2. The second-order valence-electron chi connectivity index (χ2n) is 20.1. The molecule has 0 aromatic heterocycles. The quantitative estimate of drug-likeness (QED) is 0.0418. The standard InChI is InChI=1S/C57H113NO5/c1-4-7-10-13-16-19-22-25-27-28-29-30-32-35-38-41-44-47-50-57(62)63-53(48-45-42-39-36-33-31-26-23-20-17-14-11-8-5-2)51-56(61)58-54(52-59)55(60)49-46-43-40-37-34-24-21-18-15-12-9-6-3/h53-55,59-60H,4-52H2,1-3H3,(H,58,61). The highest BCUT2D eigenvalue weighted by molar-refractivity contribution is 5.77. The molecule has 3 unspecified atom stereocenters. The summed E-state index contributed by atoms with van der Waals surface area (Å²) in [5, 5.41) is 23.8. The maximum Gasteiger partial charge on any atom is 0.306 e. The first kappa shape index (κ1) is 61.9. The molecule has 0 aliphatic rings. The van der Waals surface area contributed by atoms with Crippen molar-refractivity contribution >= 4 is 11.9 Å². The molecular formula is C57H113NO5. The zero-order chi connectivity index (χ0) is 45.9. The molecule has 0 saturated heterocycles. The van der Waals surface area contributed by atoms with Crippen LogP contribution >= 0.6 is 0 Å². The lowest BCUT2D eigenvalue weighted by molar-refractivity contribution is -0.151. The molecule has 6 heteroatoms. The lowest BCUT2D eigenvalue weighted by atomic mass is 10.0. The number of amides is 1. The molecule has 63 heavy (non-hydrogen) atoms. The highest BCUT2D eigenvalue weighted by atomic mass is 16.5. The summed E-state index contributed by atoms with van der Waals surface area (Å²) < 4.78 is 5.97. The average molecular weight is 893 g/mol. The van der Waals surface area contributed by atoms with E-state index in [0.717, 1.165) is 38.5 Å². The largest absolute Gasteiger partial charge is 0.462 e. The third-order valence-corrected chi connectivity index (χ3v) is 13.7. The highest BCUT2D eigenvalue weighted by Crippen LogP contribution is 2.19. The van der Waals surface area contributed by atoms with E-state index in [-0.39, 0.29) is 24.9 Å². The Kier molecular flexibility index (Phi) is 50.9. The van der Waals surface area contributed by atoms with Gasteiger partial charge in [0.25, 0.3) is 0 Å². The molecule has 0 fully saturated rings. The van der Waals surface area contributed by atoms with E-state index in [0.29, 0.717) is 19.3 Å². The summed E-state index contributed by atoms with van der Waals surface area (Å²) in [5.74, 6) is -0.445. The molecule has 376 valence electrons. The van der Waals surface area contributed by atoms with Crippen LogP contribution in [-0.2, 0) is 14.3 Å². The van der Waals surface area contributed by atoms with E-state index in [2.05, 4.69) is 26.1 Å². The summed E-state index contributed by atoms with van der Waals surface area (Å²) >= 11 is 0. The minimum Gasteiger partial charge on any atom is -0.462 e. The van der Waals surface area contributed by atoms with Gasteiger partial charge in [-0.2, -0.15) is 0 Å². The van der Waals surface area contributed by atoms with Crippen molar-refractivity contribution in [1.29, 1.82) is 0 Å². The summed E-state index contributed by atoms with van der Waals surface area (Å²) in [6.45, 7) is 6.53. The van der Waals surface area contributed by atoms with E-state index in [1.165, 1.54) is 244 Å². The van der Waals surface area contributed by atoms with E-state index in [9.17, 15) is 19.8 Å². The Morgan fingerprint density at radius 3 is 0.968 bits per heavy atom. The van der Waals surface area contributed by atoms with Crippen LogP contribution in [0.4, 0.5) is 0 Å². The maximum absolute atomic E-state index is 13.2. The SMILES string of the molecule is CCCCCCCCCCCCCCCCCCCCC(=O)OC(CCCCCCCCCCCCCCCC)CC(=O)NC(CO)C(O)CCCCCCCCCCCCCC. The molecule has 0 aromatic carbocycles. The molecule has 3 N–H and O–H groups in total. The molecular weight excluding hydrogens is 779 g/mol. The Bertz CT molecular complexity index is 913. The molecule has 0 bridgehead atoms. The number of carbonyl (C=O) groups excluding carboxylic acids is 2. The Hall–Kier alpha value is -1.14. The van der Waals surface area contributed by atoms with Crippen LogP contribution in [0.5, 0.6) is 0 Å². The van der Waals surface area contributed by atoms with Gasteiger partial charge in [0.15, 0.2) is 0 Å². The molecule has 3 atom stereocenters. The number of nitrogens with one attached hydrogen (secondary N) is 1. The van der Waals surface area contributed by atoms with Crippen molar-refractivity contribution in [3.8, 4) is 0 Å². The minimum atomic E-state index is -0.779. The first-order chi connectivity index (χ1) is 31.0.